The lowest BCUT2D eigenvalue weighted by molar-refractivity contribution is -0.135. The number of benzene rings is 1. The van der Waals surface area contributed by atoms with Crippen molar-refractivity contribution in [2.75, 3.05) is 24.0 Å². The number of methoxy groups -OCH3 is 1. The molecule has 2 rings (SSSR count). The summed E-state index contributed by atoms with van der Waals surface area (Å²) in [5, 5.41) is 26.4. The van der Waals surface area contributed by atoms with Gasteiger partial charge in [0.05, 0.1) is 18.9 Å². The summed E-state index contributed by atoms with van der Waals surface area (Å²) in [7, 11) is -2.50. The van der Waals surface area contributed by atoms with E-state index in [0.717, 1.165) is 18.0 Å². The van der Waals surface area contributed by atoms with Gasteiger partial charge in [0.15, 0.2) is 0 Å². The van der Waals surface area contributed by atoms with Crippen LogP contribution in [0.1, 0.15) is 12.5 Å². The summed E-state index contributed by atoms with van der Waals surface area (Å²) in [4.78, 5) is 19.7. The van der Waals surface area contributed by atoms with Crippen molar-refractivity contribution in [3.63, 3.8) is 0 Å². The van der Waals surface area contributed by atoms with E-state index in [4.69, 9.17) is 5.21 Å². The zero-order valence-corrected chi connectivity index (χ0v) is 18.4. The monoisotopic (exact) mass is 461 g/mol. The van der Waals surface area contributed by atoms with Crippen molar-refractivity contribution in [1.29, 1.82) is 0 Å². The minimum absolute atomic E-state index is 0.00749. The second kappa shape index (κ2) is 10.9. The molecule has 32 heavy (non-hydrogen) atoms. The molecule has 0 aliphatic heterocycles. The van der Waals surface area contributed by atoms with Gasteiger partial charge in [0.1, 0.15) is 17.4 Å². The predicted molar refractivity (Wildman–Crippen MR) is 118 cm³/mol. The fraction of sp³-hybridized carbons (Fsp3) is 0.200. The highest BCUT2D eigenvalue weighted by molar-refractivity contribution is 7.90. The Morgan fingerprint density at radius 2 is 1.84 bits per heavy atom. The van der Waals surface area contributed by atoms with Crippen LogP contribution in [0.25, 0.3) is 0 Å². The third-order valence-corrected chi connectivity index (χ3v) is 4.75. The van der Waals surface area contributed by atoms with Crippen molar-refractivity contribution < 1.29 is 28.3 Å². The Labute approximate surface area is 185 Å². The SMILES string of the molecule is COC(=O)C(/C=N/O)=C/C=C(\C)Nc1cc(NCc2ccc(O)cc2)nc(S(C)(=O)=O)n1. The van der Waals surface area contributed by atoms with Crippen molar-refractivity contribution >= 4 is 33.7 Å². The number of hydrogen-bond acceptors (Lipinski definition) is 11. The minimum Gasteiger partial charge on any atom is -0.508 e. The normalized spacial score (nSPS) is 12.6. The molecule has 0 fully saturated rings. The number of phenolic OH excluding ortho intramolecular Hbond substituents is 1. The first-order valence-electron chi connectivity index (χ1n) is 9.14. The zero-order chi connectivity index (χ0) is 23.7. The van der Waals surface area contributed by atoms with Gasteiger partial charge < -0.3 is 25.7 Å². The van der Waals surface area contributed by atoms with Gasteiger partial charge in [-0.1, -0.05) is 17.3 Å². The number of aromatic nitrogens is 2. The van der Waals surface area contributed by atoms with Crippen LogP contribution in [0.15, 0.2) is 64.1 Å². The molecule has 170 valence electrons. The average molecular weight is 462 g/mol. The number of phenols is 1. The lowest BCUT2D eigenvalue weighted by Gasteiger charge is -2.11. The number of sulfone groups is 1. The Kier molecular flexibility index (Phi) is 8.30. The van der Waals surface area contributed by atoms with Crippen LogP contribution < -0.4 is 10.6 Å². The number of esters is 1. The van der Waals surface area contributed by atoms with Crippen LogP contribution in [-0.2, 0) is 25.9 Å². The summed E-state index contributed by atoms with van der Waals surface area (Å²) in [6.07, 6.45) is 4.78. The molecule has 0 aliphatic rings. The number of nitrogens with zero attached hydrogens (tertiary/aromatic N) is 3. The number of oxime groups is 1. The van der Waals surface area contributed by atoms with E-state index in [1.54, 1.807) is 19.1 Å². The van der Waals surface area contributed by atoms with Gasteiger partial charge >= 0.3 is 5.97 Å². The summed E-state index contributed by atoms with van der Waals surface area (Å²) in [5.41, 5.74) is 1.34. The Morgan fingerprint density at radius 3 is 2.44 bits per heavy atom. The second-order valence-corrected chi connectivity index (χ2v) is 8.46. The molecule has 11 nitrogen and oxygen atoms in total. The summed E-state index contributed by atoms with van der Waals surface area (Å²) in [6, 6.07) is 8.03. The van der Waals surface area contributed by atoms with Crippen LogP contribution in [0.5, 0.6) is 5.75 Å². The first-order chi connectivity index (χ1) is 15.1. The van der Waals surface area contributed by atoms with Gasteiger partial charge in [0, 0.05) is 24.6 Å². The highest BCUT2D eigenvalue weighted by atomic mass is 32.2. The number of carbonyl (C=O) groups is 1. The van der Waals surface area contributed by atoms with Crippen LogP contribution in [-0.4, -0.2) is 54.2 Å². The molecule has 1 aromatic carbocycles. The van der Waals surface area contributed by atoms with E-state index in [9.17, 15) is 18.3 Å². The smallest absolute Gasteiger partial charge is 0.339 e. The molecule has 0 saturated carbocycles. The van der Waals surface area contributed by atoms with E-state index in [-0.39, 0.29) is 28.1 Å². The topological polar surface area (TPSA) is 163 Å². The van der Waals surface area contributed by atoms with Crippen LogP contribution in [0.3, 0.4) is 0 Å². The van der Waals surface area contributed by atoms with Crippen molar-refractivity contribution in [3.8, 4) is 5.75 Å². The van der Waals surface area contributed by atoms with E-state index < -0.39 is 15.8 Å². The van der Waals surface area contributed by atoms with Gasteiger partial charge in [-0.25, -0.2) is 23.2 Å². The first-order valence-corrected chi connectivity index (χ1v) is 11.0. The second-order valence-electron chi connectivity index (χ2n) is 6.55. The number of allylic oxidation sites excluding steroid dienone is 3. The quantitative estimate of drug-likeness (QED) is 0.0826. The summed E-state index contributed by atoms with van der Waals surface area (Å²) in [5.74, 6) is -0.0965. The Hall–Kier alpha value is -3.93. The summed E-state index contributed by atoms with van der Waals surface area (Å²) < 4.78 is 28.6. The number of hydrogen-bond donors (Lipinski definition) is 4. The molecule has 0 saturated heterocycles. The average Bonchev–Trinajstić information content (AvgIpc) is 2.75. The van der Waals surface area contributed by atoms with Gasteiger partial charge in [-0.2, -0.15) is 0 Å². The summed E-state index contributed by atoms with van der Waals surface area (Å²) in [6.45, 7) is 1.99. The molecule has 4 N–H and O–H groups in total. The number of nitrogens with one attached hydrogen (secondary N) is 2. The molecule has 0 aliphatic carbocycles. The number of rotatable bonds is 9. The fourth-order valence-corrected chi connectivity index (χ4v) is 2.88. The molecule has 0 amide bonds. The van der Waals surface area contributed by atoms with Gasteiger partial charge in [-0.3, -0.25) is 0 Å². The number of anilines is 2. The molecule has 0 unspecified atom stereocenters. The highest BCUT2D eigenvalue weighted by Gasteiger charge is 2.15. The zero-order valence-electron chi connectivity index (χ0n) is 17.6. The lowest BCUT2D eigenvalue weighted by Crippen LogP contribution is -2.11. The molecular formula is C20H23N5O6S. The highest BCUT2D eigenvalue weighted by Crippen LogP contribution is 2.18. The minimum atomic E-state index is -3.69. The molecule has 12 heteroatoms. The van der Waals surface area contributed by atoms with E-state index in [2.05, 4.69) is 30.5 Å². The largest absolute Gasteiger partial charge is 0.508 e. The maximum absolute atomic E-state index is 12.0. The van der Waals surface area contributed by atoms with Gasteiger partial charge in [-0.15, -0.1) is 0 Å². The number of carbonyl (C=O) groups excluding carboxylic acids is 1. The third kappa shape index (κ3) is 7.40. The maximum atomic E-state index is 12.0. The molecular weight excluding hydrogens is 438 g/mol. The van der Waals surface area contributed by atoms with Crippen molar-refractivity contribution in [3.05, 3.63) is 59.3 Å². The van der Waals surface area contributed by atoms with Crippen LogP contribution >= 0.6 is 0 Å². The van der Waals surface area contributed by atoms with Crippen LogP contribution in [0.2, 0.25) is 0 Å². The van der Waals surface area contributed by atoms with E-state index in [1.165, 1.54) is 37.5 Å². The van der Waals surface area contributed by atoms with Gasteiger partial charge in [-0.05, 0) is 36.8 Å². The van der Waals surface area contributed by atoms with Gasteiger partial charge in [0.2, 0.25) is 9.84 Å². The Bertz CT molecular complexity index is 1160. The predicted octanol–water partition coefficient (Wildman–Crippen LogP) is 2.07. The molecule has 0 atom stereocenters. The fourth-order valence-electron chi connectivity index (χ4n) is 2.35. The molecule has 0 radical (unpaired) electrons. The summed E-state index contributed by atoms with van der Waals surface area (Å²) >= 11 is 0. The van der Waals surface area contributed by atoms with E-state index >= 15 is 0 Å². The molecule has 1 heterocycles. The lowest BCUT2D eigenvalue weighted by atomic mass is 10.2. The molecule has 0 spiro atoms. The molecule has 2 aromatic rings. The van der Waals surface area contributed by atoms with Crippen LogP contribution in [0.4, 0.5) is 11.6 Å². The number of aromatic hydroxyl groups is 1. The first kappa shape index (κ1) is 24.3. The van der Waals surface area contributed by atoms with Crippen molar-refractivity contribution in [1.82, 2.24) is 9.97 Å². The van der Waals surface area contributed by atoms with Crippen molar-refractivity contribution in [2.45, 2.75) is 18.6 Å². The van der Waals surface area contributed by atoms with E-state index in [1.807, 2.05) is 0 Å². The third-order valence-electron chi connectivity index (χ3n) is 3.90. The maximum Gasteiger partial charge on any atom is 0.339 e. The Balaban J connectivity index is 2.28. The standard InChI is InChI=1S/C20H23N5O6S/c1-13(4-7-15(12-22-28)19(27)31-2)23-18-10-17(24-20(25-18)32(3,29)30)21-11-14-5-8-16(26)9-6-14/h4-10,12,26,28H,11H2,1-3H3,(H2,21,23,24,25)/b13-4+,15-7+,22-12+. The molecule has 0 bridgehead atoms. The molecule has 1 aromatic heterocycles. The van der Waals surface area contributed by atoms with Crippen LogP contribution in [0, 0.1) is 0 Å². The Morgan fingerprint density at radius 1 is 1.19 bits per heavy atom. The van der Waals surface area contributed by atoms with E-state index in [0.29, 0.717) is 12.2 Å². The van der Waals surface area contributed by atoms with Crippen molar-refractivity contribution in [2.24, 2.45) is 5.16 Å². The number of ether oxygens (including phenoxy) is 1. The van der Waals surface area contributed by atoms with Gasteiger partial charge in [0.25, 0.3) is 5.16 Å².